The van der Waals surface area contributed by atoms with Crippen molar-refractivity contribution in [2.75, 3.05) is 18.0 Å². The van der Waals surface area contributed by atoms with Crippen molar-refractivity contribution in [1.29, 1.82) is 0 Å². The largest absolute Gasteiger partial charge is 0.369 e. The third-order valence-corrected chi connectivity index (χ3v) is 3.62. The Morgan fingerprint density at radius 1 is 1.35 bits per heavy atom. The maximum atomic E-state index is 6.27. The molecule has 0 aliphatic rings. The molecular weight excluding hydrogens is 232 g/mol. The Bertz CT molecular complexity index is 352. The van der Waals surface area contributed by atoms with Crippen molar-refractivity contribution < 1.29 is 0 Å². The van der Waals surface area contributed by atoms with Crippen molar-refractivity contribution in [1.82, 2.24) is 0 Å². The number of nitrogens with zero attached hydrogens (tertiary/aromatic N) is 1. The van der Waals surface area contributed by atoms with Gasteiger partial charge in [0.2, 0.25) is 0 Å². The fraction of sp³-hybridized carbons (Fsp3) is 0.571. The summed E-state index contributed by atoms with van der Waals surface area (Å²) in [7, 11) is 0. The molecule has 1 rings (SSSR count). The summed E-state index contributed by atoms with van der Waals surface area (Å²) in [5.41, 5.74) is 8.09. The molecule has 1 aromatic rings. The SMILES string of the molecule is CCC(C)N(CC)c1cccc(Cl)c1CCN. The van der Waals surface area contributed by atoms with Gasteiger partial charge in [0, 0.05) is 23.3 Å². The standard InChI is InChI=1S/C14H23ClN2/c1-4-11(3)17(5-2)14-8-6-7-13(15)12(14)9-10-16/h6-8,11H,4-5,9-10,16H2,1-3H3. The highest BCUT2D eigenvalue weighted by Crippen LogP contribution is 2.29. The molecule has 1 atom stereocenters. The molecule has 17 heavy (non-hydrogen) atoms. The molecular formula is C14H23ClN2. The molecule has 2 N–H and O–H groups in total. The van der Waals surface area contributed by atoms with Crippen molar-refractivity contribution in [2.45, 2.75) is 39.7 Å². The van der Waals surface area contributed by atoms with E-state index in [1.165, 1.54) is 11.3 Å². The van der Waals surface area contributed by atoms with Crippen LogP contribution in [0.4, 0.5) is 5.69 Å². The lowest BCUT2D eigenvalue weighted by Crippen LogP contribution is -2.33. The van der Waals surface area contributed by atoms with E-state index in [4.69, 9.17) is 17.3 Å². The van der Waals surface area contributed by atoms with Gasteiger partial charge < -0.3 is 10.6 Å². The van der Waals surface area contributed by atoms with Crippen LogP contribution >= 0.6 is 11.6 Å². The zero-order valence-corrected chi connectivity index (χ0v) is 11.8. The van der Waals surface area contributed by atoms with Crippen LogP contribution in [-0.2, 0) is 6.42 Å². The van der Waals surface area contributed by atoms with Gasteiger partial charge in [-0.05, 0) is 50.9 Å². The van der Waals surface area contributed by atoms with Crippen molar-refractivity contribution in [2.24, 2.45) is 5.73 Å². The summed E-state index contributed by atoms with van der Waals surface area (Å²) < 4.78 is 0. The molecule has 0 saturated heterocycles. The van der Waals surface area contributed by atoms with Crippen LogP contribution in [0.15, 0.2) is 18.2 Å². The third-order valence-electron chi connectivity index (χ3n) is 3.26. The summed E-state index contributed by atoms with van der Waals surface area (Å²) in [5, 5.41) is 0.828. The number of anilines is 1. The second-order valence-electron chi connectivity index (χ2n) is 4.32. The summed E-state index contributed by atoms with van der Waals surface area (Å²) in [6.07, 6.45) is 1.96. The molecule has 1 unspecified atom stereocenters. The molecule has 0 aromatic heterocycles. The number of nitrogens with two attached hydrogens (primary N) is 1. The van der Waals surface area contributed by atoms with Crippen LogP contribution in [0.1, 0.15) is 32.8 Å². The van der Waals surface area contributed by atoms with Crippen LogP contribution in [0.25, 0.3) is 0 Å². The normalized spacial score (nSPS) is 12.5. The average molecular weight is 255 g/mol. The fourth-order valence-electron chi connectivity index (χ4n) is 2.15. The molecule has 2 nitrogen and oxygen atoms in total. The summed E-state index contributed by atoms with van der Waals surface area (Å²) in [4.78, 5) is 2.40. The van der Waals surface area contributed by atoms with Crippen molar-refractivity contribution in [3.05, 3.63) is 28.8 Å². The van der Waals surface area contributed by atoms with Gasteiger partial charge in [0.05, 0.1) is 0 Å². The Labute approximate surface area is 110 Å². The van der Waals surface area contributed by atoms with Gasteiger partial charge in [-0.1, -0.05) is 24.6 Å². The van der Waals surface area contributed by atoms with Crippen LogP contribution in [0.2, 0.25) is 5.02 Å². The molecule has 0 heterocycles. The molecule has 0 radical (unpaired) electrons. The van der Waals surface area contributed by atoms with E-state index < -0.39 is 0 Å². The van der Waals surface area contributed by atoms with Gasteiger partial charge in [-0.2, -0.15) is 0 Å². The first-order valence-electron chi connectivity index (χ1n) is 6.39. The van der Waals surface area contributed by atoms with Gasteiger partial charge in [-0.15, -0.1) is 0 Å². The van der Waals surface area contributed by atoms with Crippen LogP contribution in [-0.4, -0.2) is 19.1 Å². The zero-order chi connectivity index (χ0) is 12.8. The maximum absolute atomic E-state index is 6.27. The second-order valence-corrected chi connectivity index (χ2v) is 4.73. The van der Waals surface area contributed by atoms with Crippen molar-refractivity contribution in [3.8, 4) is 0 Å². The van der Waals surface area contributed by atoms with Gasteiger partial charge >= 0.3 is 0 Å². The van der Waals surface area contributed by atoms with Gasteiger partial charge in [0.15, 0.2) is 0 Å². The van der Waals surface area contributed by atoms with Gasteiger partial charge in [0.1, 0.15) is 0 Å². The Morgan fingerprint density at radius 3 is 2.59 bits per heavy atom. The molecule has 0 aliphatic carbocycles. The van der Waals surface area contributed by atoms with Gasteiger partial charge in [0.25, 0.3) is 0 Å². The predicted molar refractivity (Wildman–Crippen MR) is 77.0 cm³/mol. The van der Waals surface area contributed by atoms with Crippen molar-refractivity contribution >= 4 is 17.3 Å². The molecule has 1 aromatic carbocycles. The van der Waals surface area contributed by atoms with Crippen molar-refractivity contribution in [3.63, 3.8) is 0 Å². The Hall–Kier alpha value is -0.730. The fourth-order valence-corrected chi connectivity index (χ4v) is 2.41. The first-order valence-corrected chi connectivity index (χ1v) is 6.77. The number of hydrogen-bond acceptors (Lipinski definition) is 2. The lowest BCUT2D eigenvalue weighted by Gasteiger charge is -2.31. The van der Waals surface area contributed by atoms with E-state index >= 15 is 0 Å². The van der Waals surface area contributed by atoms with Crippen LogP contribution < -0.4 is 10.6 Å². The minimum Gasteiger partial charge on any atom is -0.369 e. The number of halogens is 1. The summed E-state index contributed by atoms with van der Waals surface area (Å²) in [6.45, 7) is 8.26. The lowest BCUT2D eigenvalue weighted by molar-refractivity contribution is 0.627. The first-order chi connectivity index (χ1) is 8.15. The molecule has 0 spiro atoms. The van der Waals surface area contributed by atoms with E-state index in [0.29, 0.717) is 12.6 Å². The molecule has 0 aliphatic heterocycles. The van der Waals surface area contributed by atoms with E-state index in [0.717, 1.165) is 24.4 Å². The Balaban J connectivity index is 3.13. The summed E-state index contributed by atoms with van der Waals surface area (Å²) in [6, 6.07) is 6.63. The highest BCUT2D eigenvalue weighted by atomic mass is 35.5. The van der Waals surface area contributed by atoms with E-state index in [1.807, 2.05) is 12.1 Å². The molecule has 96 valence electrons. The maximum Gasteiger partial charge on any atom is 0.0459 e. The summed E-state index contributed by atoms with van der Waals surface area (Å²) in [5.74, 6) is 0. The number of hydrogen-bond donors (Lipinski definition) is 1. The van der Waals surface area contributed by atoms with E-state index in [9.17, 15) is 0 Å². The Morgan fingerprint density at radius 2 is 2.06 bits per heavy atom. The molecule has 0 bridgehead atoms. The highest BCUT2D eigenvalue weighted by molar-refractivity contribution is 6.31. The third kappa shape index (κ3) is 3.36. The van der Waals surface area contributed by atoms with Gasteiger partial charge in [-0.3, -0.25) is 0 Å². The quantitative estimate of drug-likeness (QED) is 0.842. The Kier molecular flexibility index (Phi) is 5.79. The van der Waals surface area contributed by atoms with Gasteiger partial charge in [-0.25, -0.2) is 0 Å². The predicted octanol–water partition coefficient (Wildman–Crippen LogP) is 3.47. The van der Waals surface area contributed by atoms with Crippen LogP contribution in [0.5, 0.6) is 0 Å². The lowest BCUT2D eigenvalue weighted by atomic mass is 10.1. The zero-order valence-electron chi connectivity index (χ0n) is 11.0. The smallest absolute Gasteiger partial charge is 0.0459 e. The first kappa shape index (κ1) is 14.3. The van der Waals surface area contributed by atoms with Crippen LogP contribution in [0, 0.1) is 0 Å². The minimum atomic E-state index is 0.523. The summed E-state index contributed by atoms with van der Waals surface area (Å²) >= 11 is 6.27. The monoisotopic (exact) mass is 254 g/mol. The molecule has 0 fully saturated rings. The van der Waals surface area contributed by atoms with E-state index in [1.54, 1.807) is 0 Å². The van der Waals surface area contributed by atoms with E-state index in [-0.39, 0.29) is 0 Å². The topological polar surface area (TPSA) is 29.3 Å². The molecule has 0 amide bonds. The number of rotatable bonds is 6. The highest BCUT2D eigenvalue weighted by Gasteiger charge is 2.15. The average Bonchev–Trinajstić information content (AvgIpc) is 2.34. The van der Waals surface area contributed by atoms with E-state index in [2.05, 4.69) is 31.7 Å². The molecule has 3 heteroatoms. The van der Waals surface area contributed by atoms with Crippen LogP contribution in [0.3, 0.4) is 0 Å². The number of benzene rings is 1. The second kappa shape index (κ2) is 6.87. The molecule has 0 saturated carbocycles. The minimum absolute atomic E-state index is 0.523.